The van der Waals surface area contributed by atoms with Crippen molar-refractivity contribution in [2.45, 2.75) is 31.2 Å². The lowest BCUT2D eigenvalue weighted by Gasteiger charge is -2.14. The lowest BCUT2D eigenvalue weighted by molar-refractivity contribution is 0.658. The Bertz CT molecular complexity index is 823. The van der Waals surface area contributed by atoms with Crippen molar-refractivity contribution in [3.63, 3.8) is 0 Å². The van der Waals surface area contributed by atoms with Crippen molar-refractivity contribution in [2.75, 3.05) is 5.73 Å². The summed E-state index contributed by atoms with van der Waals surface area (Å²) in [5.74, 6) is 0.902. The number of hydrogen-bond donors (Lipinski definition) is 3. The lowest BCUT2D eigenvalue weighted by Crippen LogP contribution is -2.15. The van der Waals surface area contributed by atoms with Gasteiger partial charge in [0, 0.05) is 29.3 Å². The van der Waals surface area contributed by atoms with Crippen LogP contribution in [0.4, 0.5) is 5.82 Å². The summed E-state index contributed by atoms with van der Waals surface area (Å²) in [7, 11) is 0. The number of aromatic nitrogens is 5. The summed E-state index contributed by atoms with van der Waals surface area (Å²) >= 11 is 3.58. The summed E-state index contributed by atoms with van der Waals surface area (Å²) in [5, 5.41) is 11.2. The highest BCUT2D eigenvalue weighted by molar-refractivity contribution is 9.10. The van der Waals surface area contributed by atoms with Gasteiger partial charge in [-0.2, -0.15) is 14.7 Å². The smallest absolute Gasteiger partial charge is 0.165 e. The number of anilines is 1. The van der Waals surface area contributed by atoms with Gasteiger partial charge in [-0.3, -0.25) is 5.10 Å². The van der Waals surface area contributed by atoms with E-state index in [0.717, 1.165) is 46.2 Å². The normalized spacial score (nSPS) is 21.7. The van der Waals surface area contributed by atoms with E-state index < -0.39 is 0 Å². The maximum absolute atomic E-state index is 6.25. The van der Waals surface area contributed by atoms with Crippen LogP contribution < -0.4 is 11.5 Å². The fourth-order valence-corrected chi connectivity index (χ4v) is 3.73. The van der Waals surface area contributed by atoms with Crippen LogP contribution in [-0.2, 0) is 0 Å². The van der Waals surface area contributed by atoms with Crippen LogP contribution in [0.25, 0.3) is 16.8 Å². The summed E-state index contributed by atoms with van der Waals surface area (Å²) in [6.45, 7) is 0. The molecule has 0 radical (unpaired) electrons. The SMILES string of the molecule is Nc1c(Br)c([C@@H]2CC[C@H](N)C2)nc2c(-c3cn[nH]c3)cnn12. The molecule has 0 aliphatic heterocycles. The molecule has 4 rings (SSSR count). The maximum atomic E-state index is 6.25. The number of nitrogens with one attached hydrogen (secondary N) is 1. The lowest BCUT2D eigenvalue weighted by atomic mass is 10.0. The number of nitrogens with two attached hydrogens (primary N) is 2. The Morgan fingerprint density at radius 2 is 2.18 bits per heavy atom. The topological polar surface area (TPSA) is 111 Å². The molecular formula is C14H16BrN7. The molecule has 7 nitrogen and oxygen atoms in total. The van der Waals surface area contributed by atoms with E-state index in [9.17, 15) is 0 Å². The van der Waals surface area contributed by atoms with Gasteiger partial charge in [-0.25, -0.2) is 4.98 Å². The van der Waals surface area contributed by atoms with E-state index in [1.54, 1.807) is 16.9 Å². The Labute approximate surface area is 135 Å². The van der Waals surface area contributed by atoms with Gasteiger partial charge in [0.05, 0.1) is 22.6 Å². The molecule has 0 bridgehead atoms. The van der Waals surface area contributed by atoms with Gasteiger partial charge in [-0.1, -0.05) is 0 Å². The second kappa shape index (κ2) is 5.06. The van der Waals surface area contributed by atoms with Crippen molar-refractivity contribution in [3.05, 3.63) is 28.8 Å². The third-order valence-electron chi connectivity index (χ3n) is 4.32. The number of hydrogen-bond acceptors (Lipinski definition) is 5. The van der Waals surface area contributed by atoms with Crippen molar-refractivity contribution in [3.8, 4) is 11.1 Å². The average molecular weight is 362 g/mol. The zero-order chi connectivity index (χ0) is 15.3. The van der Waals surface area contributed by atoms with Crippen LogP contribution in [0.3, 0.4) is 0 Å². The van der Waals surface area contributed by atoms with Gasteiger partial charge in [-0.05, 0) is 35.2 Å². The summed E-state index contributed by atoms with van der Waals surface area (Å²) < 4.78 is 2.48. The molecule has 0 amide bonds. The Balaban J connectivity index is 1.91. The fourth-order valence-electron chi connectivity index (χ4n) is 3.15. The van der Waals surface area contributed by atoms with Crippen LogP contribution in [0.5, 0.6) is 0 Å². The molecule has 114 valence electrons. The van der Waals surface area contributed by atoms with Crippen molar-refractivity contribution in [1.82, 2.24) is 24.8 Å². The second-order valence-electron chi connectivity index (χ2n) is 5.75. The number of fused-ring (bicyclic) bond motifs is 1. The zero-order valence-electron chi connectivity index (χ0n) is 11.8. The van der Waals surface area contributed by atoms with Gasteiger partial charge in [0.1, 0.15) is 5.82 Å². The predicted molar refractivity (Wildman–Crippen MR) is 87.2 cm³/mol. The quantitative estimate of drug-likeness (QED) is 0.646. The van der Waals surface area contributed by atoms with E-state index in [2.05, 4.69) is 31.2 Å². The molecule has 0 saturated heterocycles. The molecule has 5 N–H and O–H groups in total. The number of H-pyrrole nitrogens is 1. The summed E-state index contributed by atoms with van der Waals surface area (Å²) in [6.07, 6.45) is 8.34. The predicted octanol–water partition coefficient (Wildman–Crippen LogP) is 2.06. The van der Waals surface area contributed by atoms with Gasteiger partial charge in [0.15, 0.2) is 5.65 Å². The highest BCUT2D eigenvalue weighted by atomic mass is 79.9. The van der Waals surface area contributed by atoms with Crippen molar-refractivity contribution < 1.29 is 0 Å². The summed E-state index contributed by atoms with van der Waals surface area (Å²) in [6, 6.07) is 0.245. The van der Waals surface area contributed by atoms with Crippen molar-refractivity contribution >= 4 is 27.4 Å². The minimum Gasteiger partial charge on any atom is -0.383 e. The molecule has 1 aliphatic carbocycles. The molecule has 2 atom stereocenters. The molecule has 3 heterocycles. The first kappa shape index (κ1) is 13.7. The van der Waals surface area contributed by atoms with Crippen LogP contribution in [0.15, 0.2) is 23.1 Å². The highest BCUT2D eigenvalue weighted by Gasteiger charge is 2.28. The van der Waals surface area contributed by atoms with E-state index in [1.807, 2.05) is 6.20 Å². The molecule has 0 unspecified atom stereocenters. The first-order valence-corrected chi connectivity index (χ1v) is 8.01. The summed E-state index contributed by atoms with van der Waals surface area (Å²) in [5.41, 5.74) is 15.9. The minimum atomic E-state index is 0.245. The Morgan fingerprint density at radius 1 is 1.32 bits per heavy atom. The third kappa shape index (κ3) is 2.02. The zero-order valence-corrected chi connectivity index (χ0v) is 13.4. The molecule has 3 aromatic heterocycles. The van der Waals surface area contributed by atoms with E-state index >= 15 is 0 Å². The Hall–Kier alpha value is -1.93. The molecular weight excluding hydrogens is 346 g/mol. The van der Waals surface area contributed by atoms with Gasteiger partial charge < -0.3 is 11.5 Å². The number of halogens is 1. The maximum Gasteiger partial charge on any atom is 0.165 e. The Kier molecular flexibility index (Phi) is 3.16. The molecule has 3 aromatic rings. The molecule has 8 heteroatoms. The van der Waals surface area contributed by atoms with E-state index in [-0.39, 0.29) is 6.04 Å². The summed E-state index contributed by atoms with van der Waals surface area (Å²) in [4.78, 5) is 4.84. The molecule has 0 aromatic carbocycles. The van der Waals surface area contributed by atoms with Crippen molar-refractivity contribution in [2.24, 2.45) is 5.73 Å². The first-order valence-electron chi connectivity index (χ1n) is 7.22. The van der Waals surface area contributed by atoms with Gasteiger partial charge in [-0.15, -0.1) is 0 Å². The minimum absolute atomic E-state index is 0.245. The van der Waals surface area contributed by atoms with Gasteiger partial charge in [0.25, 0.3) is 0 Å². The van der Waals surface area contributed by atoms with Crippen LogP contribution in [-0.4, -0.2) is 30.8 Å². The van der Waals surface area contributed by atoms with Crippen LogP contribution in [0.1, 0.15) is 30.9 Å². The number of aromatic amines is 1. The van der Waals surface area contributed by atoms with E-state index in [0.29, 0.717) is 11.7 Å². The van der Waals surface area contributed by atoms with Gasteiger partial charge >= 0.3 is 0 Å². The Morgan fingerprint density at radius 3 is 2.86 bits per heavy atom. The van der Waals surface area contributed by atoms with Crippen LogP contribution >= 0.6 is 15.9 Å². The fraction of sp³-hybridized carbons (Fsp3) is 0.357. The van der Waals surface area contributed by atoms with E-state index in [4.69, 9.17) is 16.5 Å². The van der Waals surface area contributed by atoms with Crippen molar-refractivity contribution in [1.29, 1.82) is 0 Å². The number of rotatable bonds is 2. The first-order chi connectivity index (χ1) is 10.6. The standard InChI is InChI=1S/C14H16BrN7/c15-11-12(7-1-2-9(16)3-7)21-14-10(8-4-18-19-5-8)6-20-22(14)13(11)17/h4-7,9H,1-3,16-17H2,(H,18,19)/t7-,9+/m1/s1. The molecule has 1 aliphatic rings. The molecule has 0 spiro atoms. The number of nitrogen functional groups attached to an aromatic ring is 1. The van der Waals surface area contributed by atoms with Gasteiger partial charge in [0.2, 0.25) is 0 Å². The largest absolute Gasteiger partial charge is 0.383 e. The molecule has 1 fully saturated rings. The monoisotopic (exact) mass is 361 g/mol. The number of nitrogens with zero attached hydrogens (tertiary/aromatic N) is 4. The average Bonchev–Trinajstić information content (AvgIpc) is 3.22. The highest BCUT2D eigenvalue weighted by Crippen LogP contribution is 2.39. The van der Waals surface area contributed by atoms with Crippen LogP contribution in [0.2, 0.25) is 0 Å². The molecule has 1 saturated carbocycles. The van der Waals surface area contributed by atoms with E-state index in [1.165, 1.54) is 0 Å². The second-order valence-corrected chi connectivity index (χ2v) is 6.54. The van der Waals surface area contributed by atoms with Crippen LogP contribution in [0, 0.1) is 0 Å². The molecule has 22 heavy (non-hydrogen) atoms. The third-order valence-corrected chi connectivity index (χ3v) is 5.13.